The third-order valence-electron chi connectivity index (χ3n) is 5.69. The monoisotopic (exact) mass is 374 g/mol. The van der Waals surface area contributed by atoms with Crippen LogP contribution in [0, 0.1) is 5.92 Å². The average Bonchev–Trinajstić information content (AvgIpc) is 2.74. The summed E-state index contributed by atoms with van der Waals surface area (Å²) in [6, 6.07) is 33.4. The Hall–Kier alpha value is -1.91. The molecule has 0 aliphatic heterocycles. The van der Waals surface area contributed by atoms with Gasteiger partial charge in [-0.25, -0.2) is 0 Å². The van der Waals surface area contributed by atoms with E-state index in [-0.39, 0.29) is 7.92 Å². The fourth-order valence-corrected chi connectivity index (χ4v) is 7.25. The molecule has 0 heterocycles. The number of rotatable bonds is 8. The molecule has 0 bridgehead atoms. The molecule has 0 saturated heterocycles. The van der Waals surface area contributed by atoms with E-state index in [0.717, 1.165) is 0 Å². The first-order chi connectivity index (χ1) is 13.2. The van der Waals surface area contributed by atoms with Gasteiger partial charge in [0, 0.05) is 0 Å². The molecule has 0 aliphatic carbocycles. The van der Waals surface area contributed by atoms with Crippen LogP contribution in [-0.4, -0.2) is 5.66 Å². The summed E-state index contributed by atoms with van der Waals surface area (Å²) in [4.78, 5) is 0. The molecule has 0 amide bonds. The number of hydrogen-bond acceptors (Lipinski definition) is 0. The summed E-state index contributed by atoms with van der Waals surface area (Å²) in [5.74, 6) is 1.24. The van der Waals surface area contributed by atoms with Crippen molar-refractivity contribution < 1.29 is 0 Å². The van der Waals surface area contributed by atoms with Crippen LogP contribution in [0.25, 0.3) is 0 Å². The predicted octanol–water partition coefficient (Wildman–Crippen LogP) is 6.73. The van der Waals surface area contributed by atoms with Gasteiger partial charge >= 0.3 is 0 Å². The Bertz CT molecular complexity index is 743. The van der Waals surface area contributed by atoms with E-state index in [2.05, 4.69) is 112 Å². The van der Waals surface area contributed by atoms with Crippen molar-refractivity contribution in [1.29, 1.82) is 0 Å². The Morgan fingerprint density at radius 1 is 0.667 bits per heavy atom. The van der Waals surface area contributed by atoms with Crippen molar-refractivity contribution >= 4 is 18.5 Å². The van der Waals surface area contributed by atoms with Gasteiger partial charge in [0.2, 0.25) is 0 Å². The third kappa shape index (κ3) is 4.88. The summed E-state index contributed by atoms with van der Waals surface area (Å²) < 4.78 is 0. The summed E-state index contributed by atoms with van der Waals surface area (Å²) >= 11 is 0. The highest BCUT2D eigenvalue weighted by Crippen LogP contribution is 2.47. The van der Waals surface area contributed by atoms with E-state index in [0.29, 0.717) is 17.5 Å². The van der Waals surface area contributed by atoms with E-state index in [1.807, 2.05) is 0 Å². The largest absolute Gasteiger partial charge is 0.0654 e. The summed E-state index contributed by atoms with van der Waals surface area (Å²) in [6.07, 6.45) is 2.51. The Labute approximate surface area is 166 Å². The van der Waals surface area contributed by atoms with Crippen molar-refractivity contribution in [3.05, 3.63) is 96.6 Å². The predicted molar refractivity (Wildman–Crippen MR) is 122 cm³/mol. The molecular weight excluding hydrogens is 343 g/mol. The van der Waals surface area contributed by atoms with Gasteiger partial charge in [-0.1, -0.05) is 118 Å². The summed E-state index contributed by atoms with van der Waals surface area (Å²) in [6.45, 7) is 7.24. The highest BCUT2D eigenvalue weighted by molar-refractivity contribution is 7.73. The molecule has 3 atom stereocenters. The molecule has 0 aliphatic rings. The quantitative estimate of drug-likeness (QED) is 0.384. The van der Waals surface area contributed by atoms with Crippen LogP contribution in [0.4, 0.5) is 0 Å². The van der Waals surface area contributed by atoms with Gasteiger partial charge in [0.25, 0.3) is 0 Å². The van der Waals surface area contributed by atoms with Gasteiger partial charge in [-0.2, -0.15) is 0 Å². The Morgan fingerprint density at radius 3 is 1.56 bits per heavy atom. The van der Waals surface area contributed by atoms with Crippen LogP contribution in [0.2, 0.25) is 0 Å². The Morgan fingerprint density at radius 2 is 1.11 bits per heavy atom. The fourth-order valence-electron chi connectivity index (χ4n) is 4.23. The molecule has 0 N–H and O–H groups in total. The molecule has 1 heteroatoms. The molecule has 0 aromatic heterocycles. The molecule has 0 fully saturated rings. The standard InChI is InChI=1S/C26H31P/c1-4-14-26(21(2)23-15-8-5-9-16-23)22(3)27(24-17-10-6-11-18-24)25-19-12-7-13-20-25/h5-13,15-22,26H,4,14H2,1-3H3/t21-,22-,26-/m1/s1. The maximum absolute atomic E-state index is 2.49. The van der Waals surface area contributed by atoms with Crippen LogP contribution in [0.5, 0.6) is 0 Å². The zero-order valence-corrected chi connectivity index (χ0v) is 17.6. The van der Waals surface area contributed by atoms with E-state index >= 15 is 0 Å². The second kappa shape index (κ2) is 9.86. The van der Waals surface area contributed by atoms with Gasteiger partial charge in [-0.15, -0.1) is 0 Å². The van der Waals surface area contributed by atoms with E-state index in [9.17, 15) is 0 Å². The topological polar surface area (TPSA) is 0 Å². The van der Waals surface area contributed by atoms with Crippen LogP contribution >= 0.6 is 7.92 Å². The molecule has 3 aromatic rings. The lowest BCUT2D eigenvalue weighted by Gasteiger charge is -2.36. The lowest BCUT2D eigenvalue weighted by atomic mass is 9.83. The smallest absolute Gasteiger partial charge is 0.0123 e. The second-order valence-corrected chi connectivity index (χ2v) is 10.0. The van der Waals surface area contributed by atoms with Crippen molar-refractivity contribution in [2.45, 2.75) is 45.2 Å². The van der Waals surface area contributed by atoms with Crippen LogP contribution in [-0.2, 0) is 0 Å². The zero-order chi connectivity index (χ0) is 19.1. The van der Waals surface area contributed by atoms with Crippen LogP contribution in [0.1, 0.15) is 45.1 Å². The first kappa shape index (κ1) is 19.8. The molecule has 27 heavy (non-hydrogen) atoms. The molecule has 3 rings (SSSR count). The molecule has 0 saturated carbocycles. The van der Waals surface area contributed by atoms with E-state index in [1.165, 1.54) is 29.0 Å². The minimum atomic E-state index is -0.386. The van der Waals surface area contributed by atoms with Gasteiger partial charge in [0.1, 0.15) is 0 Å². The zero-order valence-electron chi connectivity index (χ0n) is 16.8. The van der Waals surface area contributed by atoms with Crippen LogP contribution < -0.4 is 10.6 Å². The number of benzene rings is 3. The van der Waals surface area contributed by atoms with Crippen LogP contribution in [0.3, 0.4) is 0 Å². The van der Waals surface area contributed by atoms with Crippen molar-refractivity contribution in [2.24, 2.45) is 5.92 Å². The average molecular weight is 375 g/mol. The van der Waals surface area contributed by atoms with Gasteiger partial charge in [-0.3, -0.25) is 0 Å². The first-order valence-corrected chi connectivity index (χ1v) is 11.6. The normalized spacial score (nSPS) is 14.7. The van der Waals surface area contributed by atoms with E-state index in [4.69, 9.17) is 0 Å². The maximum atomic E-state index is 2.49. The minimum Gasteiger partial charge on any atom is -0.0654 e. The molecule has 140 valence electrons. The highest BCUT2D eigenvalue weighted by atomic mass is 31.1. The van der Waals surface area contributed by atoms with Crippen molar-refractivity contribution in [3.63, 3.8) is 0 Å². The summed E-state index contributed by atoms with van der Waals surface area (Å²) in [5.41, 5.74) is 2.10. The van der Waals surface area contributed by atoms with Gasteiger partial charge < -0.3 is 0 Å². The molecule has 0 radical (unpaired) electrons. The third-order valence-corrected chi connectivity index (χ3v) is 8.59. The van der Waals surface area contributed by atoms with Gasteiger partial charge in [0.05, 0.1) is 0 Å². The summed E-state index contributed by atoms with van der Waals surface area (Å²) in [5, 5.41) is 2.99. The van der Waals surface area contributed by atoms with Crippen LogP contribution in [0.15, 0.2) is 91.0 Å². The lowest BCUT2D eigenvalue weighted by Crippen LogP contribution is -2.29. The Balaban J connectivity index is 1.98. The maximum Gasteiger partial charge on any atom is -0.0123 e. The molecule has 0 nitrogen and oxygen atoms in total. The minimum absolute atomic E-state index is 0.386. The first-order valence-electron chi connectivity index (χ1n) is 10.2. The summed E-state index contributed by atoms with van der Waals surface area (Å²) in [7, 11) is -0.386. The molecule has 0 spiro atoms. The number of hydrogen-bond donors (Lipinski definition) is 0. The van der Waals surface area contributed by atoms with Crippen molar-refractivity contribution in [2.75, 3.05) is 0 Å². The molecular formula is C26H31P. The fraction of sp³-hybridized carbons (Fsp3) is 0.308. The molecule has 3 aromatic carbocycles. The van der Waals surface area contributed by atoms with Gasteiger partial charge in [-0.05, 0) is 48.0 Å². The van der Waals surface area contributed by atoms with Gasteiger partial charge in [0.15, 0.2) is 0 Å². The van der Waals surface area contributed by atoms with Crippen molar-refractivity contribution in [3.8, 4) is 0 Å². The van der Waals surface area contributed by atoms with Crippen molar-refractivity contribution in [1.82, 2.24) is 0 Å². The van der Waals surface area contributed by atoms with E-state index in [1.54, 1.807) is 0 Å². The lowest BCUT2D eigenvalue weighted by molar-refractivity contribution is 0.405. The Kier molecular flexibility index (Phi) is 7.25. The molecule has 0 unspecified atom stereocenters. The highest BCUT2D eigenvalue weighted by Gasteiger charge is 2.31. The SMILES string of the molecule is CCC[C@H]([C@H](C)c1ccccc1)[C@@H](C)P(c1ccccc1)c1ccccc1. The van der Waals surface area contributed by atoms with E-state index < -0.39 is 0 Å². The second-order valence-electron chi connectivity index (χ2n) is 7.43.